The van der Waals surface area contributed by atoms with Gasteiger partial charge in [-0.05, 0) is 34.4 Å². The summed E-state index contributed by atoms with van der Waals surface area (Å²) in [4.78, 5) is 14.2. The van der Waals surface area contributed by atoms with Crippen molar-refractivity contribution < 1.29 is 14.3 Å². The highest BCUT2D eigenvalue weighted by molar-refractivity contribution is 6.02. The van der Waals surface area contributed by atoms with E-state index in [4.69, 9.17) is 9.47 Å². The van der Waals surface area contributed by atoms with E-state index >= 15 is 0 Å². The maximum atomic E-state index is 12.8. The molecule has 34 heavy (non-hydrogen) atoms. The Morgan fingerprint density at radius 2 is 1.50 bits per heavy atom. The first-order valence-corrected chi connectivity index (χ1v) is 11.1. The van der Waals surface area contributed by atoms with Crippen LogP contribution in [0.25, 0.3) is 38.8 Å². The highest BCUT2D eigenvalue weighted by atomic mass is 16.6. The first kappa shape index (κ1) is 20.1. The molecule has 6 rings (SSSR count). The number of rotatable bonds is 2. The molecule has 1 aromatic heterocycles. The smallest absolute Gasteiger partial charge is 0.414 e. The van der Waals surface area contributed by atoms with E-state index in [1.807, 2.05) is 65.4 Å². The molecular formula is C29H22N2O3. The van der Waals surface area contributed by atoms with Crippen LogP contribution in [0.15, 0.2) is 97.2 Å². The second-order valence-corrected chi connectivity index (χ2v) is 8.45. The van der Waals surface area contributed by atoms with Crippen LogP contribution in [0.4, 0.5) is 4.79 Å². The monoisotopic (exact) mass is 446 g/mol. The predicted molar refractivity (Wildman–Crippen MR) is 135 cm³/mol. The van der Waals surface area contributed by atoms with Crippen molar-refractivity contribution in [3.05, 3.63) is 108 Å². The van der Waals surface area contributed by atoms with Crippen LogP contribution in [0.1, 0.15) is 11.3 Å². The van der Waals surface area contributed by atoms with Gasteiger partial charge in [-0.1, -0.05) is 72.8 Å². The van der Waals surface area contributed by atoms with Crippen molar-refractivity contribution in [1.82, 2.24) is 9.47 Å². The van der Waals surface area contributed by atoms with Gasteiger partial charge in [0.2, 0.25) is 0 Å². The normalized spacial score (nSPS) is 12.6. The van der Waals surface area contributed by atoms with Crippen molar-refractivity contribution in [2.75, 3.05) is 14.1 Å². The van der Waals surface area contributed by atoms with Crippen molar-refractivity contribution in [1.29, 1.82) is 0 Å². The number of ether oxygens (including phenoxy) is 2. The summed E-state index contributed by atoms with van der Waals surface area (Å²) >= 11 is 0. The van der Waals surface area contributed by atoms with Crippen molar-refractivity contribution in [2.24, 2.45) is 0 Å². The van der Waals surface area contributed by atoms with Gasteiger partial charge in [-0.2, -0.15) is 0 Å². The Balaban J connectivity index is 1.71. The molecule has 4 aromatic carbocycles. The SMILES string of the molecule is CN(C)C(=O)OC1=C(c2cccc3ccccc23)Oc2c(ccc3ccccc23)-n2cccc21. The fourth-order valence-electron chi connectivity index (χ4n) is 4.45. The van der Waals surface area contributed by atoms with E-state index < -0.39 is 6.09 Å². The van der Waals surface area contributed by atoms with E-state index in [0.29, 0.717) is 11.5 Å². The quantitative estimate of drug-likeness (QED) is 0.303. The lowest BCUT2D eigenvalue weighted by molar-refractivity contribution is 0.162. The fraction of sp³-hybridized carbons (Fsp3) is 0.0690. The summed E-state index contributed by atoms with van der Waals surface area (Å²) < 4.78 is 14.8. The van der Waals surface area contributed by atoms with Gasteiger partial charge in [-0.25, -0.2) is 4.79 Å². The molecule has 5 heteroatoms. The first-order valence-electron chi connectivity index (χ1n) is 11.1. The number of aromatic nitrogens is 1. The molecule has 0 radical (unpaired) electrons. The van der Waals surface area contributed by atoms with Crippen LogP contribution in [-0.2, 0) is 4.74 Å². The lowest BCUT2D eigenvalue weighted by Gasteiger charge is -2.18. The van der Waals surface area contributed by atoms with Gasteiger partial charge in [0, 0.05) is 31.2 Å². The van der Waals surface area contributed by atoms with E-state index in [1.165, 1.54) is 4.90 Å². The van der Waals surface area contributed by atoms with Gasteiger partial charge in [-0.15, -0.1) is 0 Å². The lowest BCUT2D eigenvalue weighted by atomic mass is 10.0. The molecule has 0 N–H and O–H groups in total. The number of hydrogen-bond acceptors (Lipinski definition) is 3. The van der Waals surface area contributed by atoms with Gasteiger partial charge in [0.15, 0.2) is 17.3 Å². The number of amides is 1. The standard InChI is InChI=1S/C29H22N2O3/c1-30(2)29(32)34-28-24-15-8-18-31(24)25-17-16-20-10-4-6-13-22(20)26(25)33-27(28)23-14-7-11-19-9-3-5-12-21(19)23/h3-18H,1-2H3. The van der Waals surface area contributed by atoms with Crippen molar-refractivity contribution in [3.8, 4) is 11.4 Å². The Morgan fingerprint density at radius 3 is 2.29 bits per heavy atom. The molecule has 0 fully saturated rings. The Kier molecular flexibility index (Phi) is 4.62. The van der Waals surface area contributed by atoms with Gasteiger partial charge in [0.25, 0.3) is 0 Å². The highest BCUT2D eigenvalue weighted by Crippen LogP contribution is 2.43. The van der Waals surface area contributed by atoms with Crippen molar-refractivity contribution >= 4 is 39.2 Å². The van der Waals surface area contributed by atoms with E-state index in [9.17, 15) is 4.79 Å². The van der Waals surface area contributed by atoms with Gasteiger partial charge in [-0.3, -0.25) is 0 Å². The Hall–Kier alpha value is -4.51. The Bertz CT molecular complexity index is 1610. The molecule has 5 nitrogen and oxygen atoms in total. The average molecular weight is 447 g/mol. The maximum Gasteiger partial charge on any atom is 0.414 e. The summed E-state index contributed by atoms with van der Waals surface area (Å²) in [6.07, 6.45) is 1.49. The second-order valence-electron chi connectivity index (χ2n) is 8.45. The van der Waals surface area contributed by atoms with Crippen molar-refractivity contribution in [3.63, 3.8) is 0 Å². The third-order valence-corrected chi connectivity index (χ3v) is 6.10. The summed E-state index contributed by atoms with van der Waals surface area (Å²) in [5.74, 6) is 1.59. The largest absolute Gasteiger partial charge is 0.450 e. The van der Waals surface area contributed by atoms with Gasteiger partial charge >= 0.3 is 6.09 Å². The number of benzene rings is 4. The molecular weight excluding hydrogens is 424 g/mol. The third-order valence-electron chi connectivity index (χ3n) is 6.10. The molecule has 0 unspecified atom stereocenters. The summed E-state index contributed by atoms with van der Waals surface area (Å²) in [5.41, 5.74) is 2.48. The van der Waals surface area contributed by atoms with Crippen LogP contribution in [-0.4, -0.2) is 29.7 Å². The second kappa shape index (κ2) is 7.81. The minimum Gasteiger partial charge on any atom is -0.450 e. The average Bonchev–Trinajstić information content (AvgIpc) is 3.30. The van der Waals surface area contributed by atoms with Crippen molar-refractivity contribution in [2.45, 2.75) is 0 Å². The molecule has 166 valence electrons. The number of carbonyl (C=O) groups excluding carboxylic acids is 1. The minimum atomic E-state index is -0.472. The van der Waals surface area contributed by atoms with E-state index in [2.05, 4.69) is 36.4 Å². The zero-order chi connectivity index (χ0) is 23.2. The number of fused-ring (bicyclic) bond motifs is 6. The molecule has 0 saturated carbocycles. The highest BCUT2D eigenvalue weighted by Gasteiger charge is 2.29. The summed E-state index contributed by atoms with van der Waals surface area (Å²) in [6.45, 7) is 0. The molecule has 1 aliphatic rings. The molecule has 0 atom stereocenters. The van der Waals surface area contributed by atoms with Crippen LogP contribution in [0, 0.1) is 0 Å². The zero-order valence-corrected chi connectivity index (χ0v) is 18.9. The van der Waals surface area contributed by atoms with Crippen LogP contribution in [0.3, 0.4) is 0 Å². The van der Waals surface area contributed by atoms with Crippen LogP contribution >= 0.6 is 0 Å². The molecule has 5 aromatic rings. The molecule has 0 bridgehead atoms. The zero-order valence-electron chi connectivity index (χ0n) is 18.9. The molecule has 1 aliphatic heterocycles. The van der Waals surface area contributed by atoms with Crippen LogP contribution < -0.4 is 4.74 Å². The number of hydrogen-bond donors (Lipinski definition) is 0. The first-order chi connectivity index (χ1) is 16.6. The van der Waals surface area contributed by atoms with Crippen LogP contribution in [0.2, 0.25) is 0 Å². The predicted octanol–water partition coefficient (Wildman–Crippen LogP) is 6.70. The van der Waals surface area contributed by atoms with Gasteiger partial charge < -0.3 is 18.9 Å². The fourth-order valence-corrected chi connectivity index (χ4v) is 4.45. The van der Waals surface area contributed by atoms with E-state index in [1.54, 1.807) is 14.1 Å². The molecule has 1 amide bonds. The Labute approximate surface area is 197 Å². The van der Waals surface area contributed by atoms with E-state index in [0.717, 1.165) is 44.2 Å². The summed E-state index contributed by atoms with van der Waals surface area (Å²) in [5, 5.41) is 4.14. The summed E-state index contributed by atoms with van der Waals surface area (Å²) in [7, 11) is 3.33. The number of carbonyl (C=O) groups is 1. The topological polar surface area (TPSA) is 43.7 Å². The number of nitrogens with zero attached hydrogens (tertiary/aromatic N) is 2. The maximum absolute atomic E-state index is 12.8. The molecule has 2 heterocycles. The van der Waals surface area contributed by atoms with Crippen LogP contribution in [0.5, 0.6) is 5.75 Å². The molecule has 0 spiro atoms. The van der Waals surface area contributed by atoms with Gasteiger partial charge in [0.05, 0.1) is 11.4 Å². The Morgan fingerprint density at radius 1 is 0.794 bits per heavy atom. The molecule has 0 saturated heterocycles. The van der Waals surface area contributed by atoms with E-state index in [-0.39, 0.29) is 0 Å². The minimum absolute atomic E-state index is 0.375. The van der Waals surface area contributed by atoms with Gasteiger partial charge in [0.1, 0.15) is 0 Å². The lowest BCUT2D eigenvalue weighted by Crippen LogP contribution is -2.23. The molecule has 0 aliphatic carbocycles. The third kappa shape index (κ3) is 3.13. The summed E-state index contributed by atoms with van der Waals surface area (Å²) in [6, 6.07) is 30.3.